The number of anilines is 1. The monoisotopic (exact) mass is 245 g/mol. The van der Waals surface area contributed by atoms with E-state index in [1.807, 2.05) is 18.2 Å². The van der Waals surface area contributed by atoms with Crippen LogP contribution in [0, 0.1) is 0 Å². The van der Waals surface area contributed by atoms with E-state index in [1.165, 1.54) is 4.90 Å². The van der Waals surface area contributed by atoms with Crippen LogP contribution in [0.1, 0.15) is 5.56 Å². The van der Waals surface area contributed by atoms with Gasteiger partial charge >= 0.3 is 0 Å². The van der Waals surface area contributed by atoms with E-state index in [2.05, 4.69) is 29.8 Å². The number of phenolic OH excluding ortho intramolecular Hbond substituents is 1. The number of nitrogens with one attached hydrogen (secondary N) is 1. The summed E-state index contributed by atoms with van der Waals surface area (Å²) in [5.41, 5.74) is 2.27. The predicted molar refractivity (Wildman–Crippen MR) is 73.7 cm³/mol. The van der Waals surface area contributed by atoms with Gasteiger partial charge in [-0.25, -0.2) is 0 Å². The van der Waals surface area contributed by atoms with Crippen molar-refractivity contribution in [3.8, 4) is 5.75 Å². The van der Waals surface area contributed by atoms with Crippen LogP contribution in [0.5, 0.6) is 5.75 Å². The molecule has 2 nitrogen and oxygen atoms in total. The van der Waals surface area contributed by atoms with Crippen molar-refractivity contribution in [1.82, 2.24) is 0 Å². The molecule has 0 atom stereocenters. The van der Waals surface area contributed by atoms with Gasteiger partial charge < -0.3 is 10.4 Å². The highest BCUT2D eigenvalue weighted by atomic mass is 32.2. The second-order valence-corrected chi connectivity index (χ2v) is 4.63. The number of thioether (sulfide) groups is 1. The number of hydrogen-bond donors (Lipinski definition) is 2. The number of benzene rings is 2. The lowest BCUT2D eigenvalue weighted by Crippen LogP contribution is -1.98. The first-order valence-electron chi connectivity index (χ1n) is 5.44. The summed E-state index contributed by atoms with van der Waals surface area (Å²) in [7, 11) is 0. The Hall–Kier alpha value is -1.61. The topological polar surface area (TPSA) is 32.3 Å². The molecule has 0 aromatic heterocycles. The van der Waals surface area contributed by atoms with E-state index in [9.17, 15) is 5.11 Å². The minimum absolute atomic E-state index is 0.304. The summed E-state index contributed by atoms with van der Waals surface area (Å²) in [5.74, 6) is 0.304. The van der Waals surface area contributed by atoms with Gasteiger partial charge in [-0.3, -0.25) is 0 Å². The Labute approximate surface area is 106 Å². The SMILES string of the molecule is CSc1cccc(NCc2ccc(O)cc2)c1. The molecular formula is C14H15NOS. The van der Waals surface area contributed by atoms with Gasteiger partial charge in [0, 0.05) is 17.1 Å². The van der Waals surface area contributed by atoms with Crippen molar-refractivity contribution in [3.63, 3.8) is 0 Å². The van der Waals surface area contributed by atoms with Gasteiger partial charge in [-0.05, 0) is 42.2 Å². The maximum atomic E-state index is 9.19. The Kier molecular flexibility index (Phi) is 3.94. The molecule has 2 aromatic carbocycles. The summed E-state index contributed by atoms with van der Waals surface area (Å²) in [5, 5.41) is 12.5. The molecule has 88 valence electrons. The molecule has 0 aliphatic heterocycles. The van der Waals surface area contributed by atoms with Crippen molar-refractivity contribution in [2.45, 2.75) is 11.4 Å². The Morgan fingerprint density at radius 2 is 1.88 bits per heavy atom. The molecule has 17 heavy (non-hydrogen) atoms. The van der Waals surface area contributed by atoms with E-state index in [4.69, 9.17) is 0 Å². The highest BCUT2D eigenvalue weighted by molar-refractivity contribution is 7.98. The van der Waals surface area contributed by atoms with Crippen molar-refractivity contribution in [2.75, 3.05) is 11.6 Å². The van der Waals surface area contributed by atoms with Gasteiger partial charge in [0.05, 0.1) is 0 Å². The van der Waals surface area contributed by atoms with E-state index < -0.39 is 0 Å². The molecule has 0 amide bonds. The first-order valence-corrected chi connectivity index (χ1v) is 6.66. The zero-order valence-electron chi connectivity index (χ0n) is 9.68. The highest BCUT2D eigenvalue weighted by Crippen LogP contribution is 2.19. The predicted octanol–water partition coefficient (Wildman–Crippen LogP) is 3.73. The zero-order valence-corrected chi connectivity index (χ0v) is 10.5. The van der Waals surface area contributed by atoms with Gasteiger partial charge in [-0.2, -0.15) is 0 Å². The zero-order chi connectivity index (χ0) is 12.1. The first kappa shape index (κ1) is 11.9. The average Bonchev–Trinajstić information content (AvgIpc) is 2.38. The lowest BCUT2D eigenvalue weighted by Gasteiger charge is -2.07. The molecule has 0 saturated heterocycles. The van der Waals surface area contributed by atoms with Crippen LogP contribution in [-0.2, 0) is 6.54 Å². The second-order valence-electron chi connectivity index (χ2n) is 3.75. The summed E-state index contributed by atoms with van der Waals surface area (Å²) in [6.07, 6.45) is 2.07. The maximum Gasteiger partial charge on any atom is 0.115 e. The van der Waals surface area contributed by atoms with Gasteiger partial charge in [-0.1, -0.05) is 18.2 Å². The van der Waals surface area contributed by atoms with Crippen molar-refractivity contribution in [1.29, 1.82) is 0 Å². The van der Waals surface area contributed by atoms with Crippen molar-refractivity contribution in [3.05, 3.63) is 54.1 Å². The first-order chi connectivity index (χ1) is 8.28. The van der Waals surface area contributed by atoms with E-state index in [0.717, 1.165) is 17.8 Å². The van der Waals surface area contributed by atoms with E-state index in [-0.39, 0.29) is 0 Å². The quantitative estimate of drug-likeness (QED) is 0.805. The second kappa shape index (κ2) is 5.64. The number of rotatable bonds is 4. The van der Waals surface area contributed by atoms with E-state index >= 15 is 0 Å². The molecule has 0 heterocycles. The summed E-state index contributed by atoms with van der Waals surface area (Å²) in [6.45, 7) is 0.762. The van der Waals surface area contributed by atoms with Crippen LogP contribution in [0.25, 0.3) is 0 Å². The molecule has 2 aromatic rings. The van der Waals surface area contributed by atoms with Crippen LogP contribution in [-0.4, -0.2) is 11.4 Å². The Morgan fingerprint density at radius 3 is 2.59 bits per heavy atom. The fourth-order valence-electron chi connectivity index (χ4n) is 1.55. The molecule has 0 saturated carbocycles. The molecule has 0 aliphatic rings. The number of hydrogen-bond acceptors (Lipinski definition) is 3. The maximum absolute atomic E-state index is 9.19. The van der Waals surface area contributed by atoms with Crippen molar-refractivity contribution >= 4 is 17.4 Å². The minimum Gasteiger partial charge on any atom is -0.508 e. The normalized spacial score (nSPS) is 10.2. The number of phenols is 1. The fourth-order valence-corrected chi connectivity index (χ4v) is 2.01. The van der Waals surface area contributed by atoms with Crippen LogP contribution >= 0.6 is 11.8 Å². The van der Waals surface area contributed by atoms with Crippen molar-refractivity contribution < 1.29 is 5.11 Å². The molecule has 0 fully saturated rings. The molecule has 0 bridgehead atoms. The Bertz CT molecular complexity index is 482. The highest BCUT2D eigenvalue weighted by Gasteiger charge is 1.96. The van der Waals surface area contributed by atoms with Gasteiger partial charge in [-0.15, -0.1) is 11.8 Å². The molecule has 0 unspecified atom stereocenters. The van der Waals surface area contributed by atoms with Crippen LogP contribution in [0.3, 0.4) is 0 Å². The van der Waals surface area contributed by atoms with Crippen LogP contribution in [0.2, 0.25) is 0 Å². The Morgan fingerprint density at radius 1 is 1.12 bits per heavy atom. The van der Waals surface area contributed by atoms with Gasteiger partial charge in [0.25, 0.3) is 0 Å². The lowest BCUT2D eigenvalue weighted by molar-refractivity contribution is 0.475. The van der Waals surface area contributed by atoms with E-state index in [0.29, 0.717) is 5.75 Å². The van der Waals surface area contributed by atoms with Crippen molar-refractivity contribution in [2.24, 2.45) is 0 Å². The summed E-state index contributed by atoms with van der Waals surface area (Å²) >= 11 is 1.73. The standard InChI is InChI=1S/C14H15NOS/c1-17-14-4-2-3-12(9-14)15-10-11-5-7-13(16)8-6-11/h2-9,15-16H,10H2,1H3. The number of aromatic hydroxyl groups is 1. The lowest BCUT2D eigenvalue weighted by atomic mass is 10.2. The third-order valence-corrected chi connectivity index (χ3v) is 3.23. The molecule has 0 radical (unpaired) electrons. The van der Waals surface area contributed by atoms with Crippen LogP contribution < -0.4 is 5.32 Å². The summed E-state index contributed by atoms with van der Waals surface area (Å²) < 4.78 is 0. The molecule has 0 spiro atoms. The third kappa shape index (κ3) is 3.43. The fraction of sp³-hybridized carbons (Fsp3) is 0.143. The third-order valence-electron chi connectivity index (χ3n) is 2.50. The van der Waals surface area contributed by atoms with Gasteiger partial charge in [0.1, 0.15) is 5.75 Å². The van der Waals surface area contributed by atoms with Gasteiger partial charge in [0.2, 0.25) is 0 Å². The molecule has 0 aliphatic carbocycles. The molecule has 3 heteroatoms. The smallest absolute Gasteiger partial charge is 0.115 e. The van der Waals surface area contributed by atoms with Crippen LogP contribution in [0.15, 0.2) is 53.4 Å². The summed E-state index contributed by atoms with van der Waals surface area (Å²) in [6, 6.07) is 15.6. The Balaban J connectivity index is 1.99. The van der Waals surface area contributed by atoms with Gasteiger partial charge in [0.15, 0.2) is 0 Å². The van der Waals surface area contributed by atoms with Crippen LogP contribution in [0.4, 0.5) is 5.69 Å². The van der Waals surface area contributed by atoms with E-state index in [1.54, 1.807) is 23.9 Å². The minimum atomic E-state index is 0.304. The molecule has 2 N–H and O–H groups in total. The molecule has 2 rings (SSSR count). The molecular weight excluding hydrogens is 230 g/mol. The largest absolute Gasteiger partial charge is 0.508 e. The summed E-state index contributed by atoms with van der Waals surface area (Å²) in [4.78, 5) is 1.25. The average molecular weight is 245 g/mol.